The number of allylic oxidation sites excluding steroid dienone is 1. The van der Waals surface area contributed by atoms with Crippen molar-refractivity contribution in [3.8, 4) is 0 Å². The molecule has 128 valence electrons. The van der Waals surface area contributed by atoms with E-state index in [-0.39, 0.29) is 22.1 Å². The predicted octanol–water partition coefficient (Wildman–Crippen LogP) is 4.13. The van der Waals surface area contributed by atoms with Gasteiger partial charge in [-0.1, -0.05) is 54.6 Å². The van der Waals surface area contributed by atoms with Crippen LogP contribution in [0.5, 0.6) is 0 Å². The Morgan fingerprint density at radius 3 is 2.12 bits per heavy atom. The van der Waals surface area contributed by atoms with Crippen molar-refractivity contribution in [1.82, 2.24) is 0 Å². The first kappa shape index (κ1) is 17.1. The number of carbonyl (C=O) groups is 3. The van der Waals surface area contributed by atoms with Crippen LogP contribution in [0.3, 0.4) is 0 Å². The molecule has 0 saturated heterocycles. The van der Waals surface area contributed by atoms with Crippen LogP contribution >= 0.6 is 0 Å². The SMILES string of the molecule is O=C(/C=C/c1ccccc1)c1ccc2cccc(C(=O)O)c2c1C(=O)O. The maximum atomic E-state index is 12.6. The molecular weight excluding hydrogens is 332 g/mol. The van der Waals surface area contributed by atoms with Crippen molar-refractivity contribution in [1.29, 1.82) is 0 Å². The lowest BCUT2D eigenvalue weighted by atomic mass is 9.93. The van der Waals surface area contributed by atoms with Crippen molar-refractivity contribution in [2.24, 2.45) is 0 Å². The van der Waals surface area contributed by atoms with Crippen LogP contribution in [-0.2, 0) is 0 Å². The number of hydrogen-bond donors (Lipinski definition) is 2. The highest BCUT2D eigenvalue weighted by molar-refractivity contribution is 6.20. The quantitative estimate of drug-likeness (QED) is 0.535. The monoisotopic (exact) mass is 346 g/mol. The molecule has 3 aromatic rings. The zero-order valence-corrected chi connectivity index (χ0v) is 13.5. The summed E-state index contributed by atoms with van der Waals surface area (Å²) in [5.41, 5.74) is 0.292. The zero-order valence-electron chi connectivity index (χ0n) is 13.5. The number of rotatable bonds is 5. The maximum Gasteiger partial charge on any atom is 0.337 e. The molecule has 0 spiro atoms. The molecule has 0 aliphatic rings. The molecule has 0 fully saturated rings. The standard InChI is InChI=1S/C21H14O5/c22-17(12-9-13-5-2-1-3-6-13)15-11-10-14-7-4-8-16(20(23)24)18(14)19(15)21(25)26/h1-12H,(H,23,24)(H,25,26)/b12-9+. The van der Waals surface area contributed by atoms with Gasteiger partial charge in [0.2, 0.25) is 0 Å². The first-order valence-electron chi connectivity index (χ1n) is 7.79. The smallest absolute Gasteiger partial charge is 0.337 e. The van der Waals surface area contributed by atoms with Crippen LogP contribution < -0.4 is 0 Å². The van der Waals surface area contributed by atoms with Crippen molar-refractivity contribution >= 4 is 34.6 Å². The van der Waals surface area contributed by atoms with Crippen molar-refractivity contribution in [2.75, 3.05) is 0 Å². The highest BCUT2D eigenvalue weighted by Gasteiger charge is 2.22. The third kappa shape index (κ3) is 3.23. The third-order valence-electron chi connectivity index (χ3n) is 3.98. The van der Waals surface area contributed by atoms with E-state index in [4.69, 9.17) is 0 Å². The van der Waals surface area contributed by atoms with E-state index in [2.05, 4.69) is 0 Å². The molecule has 0 unspecified atom stereocenters. The van der Waals surface area contributed by atoms with Gasteiger partial charge in [-0.15, -0.1) is 0 Å². The third-order valence-corrected chi connectivity index (χ3v) is 3.98. The summed E-state index contributed by atoms with van der Waals surface area (Å²) in [5, 5.41) is 19.5. The van der Waals surface area contributed by atoms with E-state index in [1.54, 1.807) is 18.2 Å². The van der Waals surface area contributed by atoms with Gasteiger partial charge in [0.15, 0.2) is 5.78 Å². The van der Waals surface area contributed by atoms with E-state index >= 15 is 0 Å². The molecule has 26 heavy (non-hydrogen) atoms. The minimum atomic E-state index is -1.35. The van der Waals surface area contributed by atoms with E-state index in [0.29, 0.717) is 5.39 Å². The van der Waals surface area contributed by atoms with Gasteiger partial charge in [0.05, 0.1) is 11.1 Å². The second-order valence-electron chi connectivity index (χ2n) is 5.61. The highest BCUT2D eigenvalue weighted by atomic mass is 16.4. The Morgan fingerprint density at radius 1 is 0.731 bits per heavy atom. The van der Waals surface area contributed by atoms with Crippen LogP contribution in [-0.4, -0.2) is 27.9 Å². The largest absolute Gasteiger partial charge is 0.478 e. The van der Waals surface area contributed by atoms with Gasteiger partial charge in [0.1, 0.15) is 0 Å². The molecule has 0 radical (unpaired) electrons. The summed E-state index contributed by atoms with van der Waals surface area (Å²) in [6.45, 7) is 0. The van der Waals surface area contributed by atoms with Gasteiger partial charge in [-0.05, 0) is 29.2 Å². The van der Waals surface area contributed by atoms with Crippen molar-refractivity contribution in [3.05, 3.63) is 89.0 Å². The van der Waals surface area contributed by atoms with Crippen LogP contribution in [0.25, 0.3) is 16.8 Å². The van der Waals surface area contributed by atoms with Crippen LogP contribution in [0, 0.1) is 0 Å². The Balaban J connectivity index is 2.17. The fourth-order valence-electron chi connectivity index (χ4n) is 2.81. The molecule has 5 heteroatoms. The number of carbonyl (C=O) groups excluding carboxylic acids is 1. The normalized spacial score (nSPS) is 10.9. The average molecular weight is 346 g/mol. The number of carboxylic acids is 2. The minimum absolute atomic E-state index is 0.0476. The minimum Gasteiger partial charge on any atom is -0.478 e. The van der Waals surface area contributed by atoms with Crippen LogP contribution in [0.15, 0.2) is 66.7 Å². The lowest BCUT2D eigenvalue weighted by Crippen LogP contribution is -2.10. The van der Waals surface area contributed by atoms with Gasteiger partial charge in [0, 0.05) is 10.9 Å². The van der Waals surface area contributed by atoms with E-state index < -0.39 is 17.7 Å². The summed E-state index contributed by atoms with van der Waals surface area (Å²) in [6, 6.07) is 16.5. The topological polar surface area (TPSA) is 91.7 Å². The Hall–Kier alpha value is -3.73. The highest BCUT2D eigenvalue weighted by Crippen LogP contribution is 2.27. The van der Waals surface area contributed by atoms with E-state index in [1.165, 1.54) is 24.3 Å². The molecule has 0 saturated carbocycles. The van der Waals surface area contributed by atoms with Crippen LogP contribution in [0.4, 0.5) is 0 Å². The lowest BCUT2D eigenvalue weighted by Gasteiger charge is -2.10. The second kappa shape index (κ2) is 7.03. The fraction of sp³-hybridized carbons (Fsp3) is 0. The Labute approximate surface area is 148 Å². The molecular formula is C21H14O5. The maximum absolute atomic E-state index is 12.6. The molecule has 3 rings (SSSR count). The lowest BCUT2D eigenvalue weighted by molar-refractivity contribution is 0.0693. The van der Waals surface area contributed by atoms with Gasteiger partial charge in [-0.3, -0.25) is 4.79 Å². The van der Waals surface area contributed by atoms with Crippen molar-refractivity contribution in [3.63, 3.8) is 0 Å². The first-order valence-corrected chi connectivity index (χ1v) is 7.79. The van der Waals surface area contributed by atoms with Gasteiger partial charge in [-0.2, -0.15) is 0 Å². The van der Waals surface area contributed by atoms with Crippen LogP contribution in [0.1, 0.15) is 36.6 Å². The second-order valence-corrected chi connectivity index (χ2v) is 5.61. The van der Waals surface area contributed by atoms with Gasteiger partial charge in [-0.25, -0.2) is 9.59 Å². The summed E-state index contributed by atoms with van der Waals surface area (Å²) in [6.07, 6.45) is 2.87. The van der Waals surface area contributed by atoms with Crippen LogP contribution in [0.2, 0.25) is 0 Å². The number of hydrogen-bond acceptors (Lipinski definition) is 3. The number of fused-ring (bicyclic) bond motifs is 1. The first-order chi connectivity index (χ1) is 12.5. The van der Waals surface area contributed by atoms with E-state index in [9.17, 15) is 24.6 Å². The molecule has 0 bridgehead atoms. The summed E-state index contributed by atoms with van der Waals surface area (Å²) >= 11 is 0. The fourth-order valence-corrected chi connectivity index (χ4v) is 2.81. The van der Waals surface area contributed by atoms with Gasteiger partial charge >= 0.3 is 11.9 Å². The molecule has 0 aromatic heterocycles. The molecule has 0 atom stereocenters. The number of aromatic carboxylic acids is 2. The number of benzene rings is 3. The number of ketones is 1. The Kier molecular flexibility index (Phi) is 4.62. The molecule has 0 amide bonds. The Bertz CT molecular complexity index is 1050. The molecule has 5 nitrogen and oxygen atoms in total. The molecule has 0 heterocycles. The molecule has 2 N–H and O–H groups in total. The summed E-state index contributed by atoms with van der Waals surface area (Å²) in [7, 11) is 0. The van der Waals surface area contributed by atoms with Crippen molar-refractivity contribution in [2.45, 2.75) is 0 Å². The number of carboxylic acid groups (broad SMARTS) is 2. The summed E-state index contributed by atoms with van der Waals surface area (Å²) in [5.74, 6) is -3.10. The average Bonchev–Trinajstić information content (AvgIpc) is 2.65. The summed E-state index contributed by atoms with van der Waals surface area (Å²) < 4.78 is 0. The molecule has 0 aliphatic carbocycles. The summed E-state index contributed by atoms with van der Waals surface area (Å²) in [4.78, 5) is 35.9. The molecule has 0 aliphatic heterocycles. The molecule has 3 aromatic carbocycles. The zero-order chi connectivity index (χ0) is 18.7. The van der Waals surface area contributed by atoms with E-state index in [0.717, 1.165) is 5.56 Å². The van der Waals surface area contributed by atoms with Gasteiger partial charge in [0.25, 0.3) is 0 Å². The van der Waals surface area contributed by atoms with E-state index in [1.807, 2.05) is 30.3 Å². The van der Waals surface area contributed by atoms with Gasteiger partial charge < -0.3 is 10.2 Å². The Morgan fingerprint density at radius 2 is 1.46 bits per heavy atom. The predicted molar refractivity (Wildman–Crippen MR) is 97.7 cm³/mol. The van der Waals surface area contributed by atoms with Crippen molar-refractivity contribution < 1.29 is 24.6 Å².